The highest BCUT2D eigenvalue weighted by molar-refractivity contribution is 7.99. The van der Waals surface area contributed by atoms with E-state index < -0.39 is 0 Å². The second kappa shape index (κ2) is 7.41. The number of nitrogens with zero attached hydrogens (tertiary/aromatic N) is 1. The average molecular weight is 308 g/mol. The van der Waals surface area contributed by atoms with Crippen molar-refractivity contribution in [1.82, 2.24) is 0 Å². The molecule has 0 aliphatic carbocycles. The summed E-state index contributed by atoms with van der Waals surface area (Å²) in [6, 6.07) is 9.15. The van der Waals surface area contributed by atoms with Gasteiger partial charge in [-0.05, 0) is 48.8 Å². The predicted octanol–water partition coefficient (Wildman–Crippen LogP) is 3.45. The lowest BCUT2D eigenvalue weighted by Crippen LogP contribution is -2.35. The van der Waals surface area contributed by atoms with Gasteiger partial charge in [0.1, 0.15) is 0 Å². The first-order valence-corrected chi connectivity index (χ1v) is 9.00. The minimum absolute atomic E-state index is 0.197. The third-order valence-electron chi connectivity index (χ3n) is 3.97. The molecule has 0 spiro atoms. The van der Waals surface area contributed by atoms with Crippen LogP contribution < -0.4 is 10.2 Å². The van der Waals surface area contributed by atoms with Crippen molar-refractivity contribution in [3.05, 3.63) is 24.3 Å². The molecular weight excluding hydrogens is 280 g/mol. The Balaban J connectivity index is 1.96. The van der Waals surface area contributed by atoms with E-state index in [0.29, 0.717) is 18.0 Å². The van der Waals surface area contributed by atoms with Crippen LogP contribution in [0.2, 0.25) is 0 Å². The molecule has 21 heavy (non-hydrogen) atoms. The number of aliphatic hydroxyl groups is 1. The van der Waals surface area contributed by atoms with Crippen LogP contribution in [0.15, 0.2) is 24.3 Å². The van der Waals surface area contributed by atoms with Crippen molar-refractivity contribution in [3.63, 3.8) is 0 Å². The largest absolute Gasteiger partial charge is 0.395 e. The average Bonchev–Trinajstić information content (AvgIpc) is 2.45. The Bertz CT molecular complexity index is 433. The van der Waals surface area contributed by atoms with Crippen LogP contribution in [0.5, 0.6) is 0 Å². The van der Waals surface area contributed by atoms with Gasteiger partial charge in [0.2, 0.25) is 0 Å². The number of hydrogen-bond acceptors (Lipinski definition) is 4. The summed E-state index contributed by atoms with van der Waals surface area (Å²) in [4.78, 5) is 2.18. The molecule has 1 fully saturated rings. The first-order valence-electron chi connectivity index (χ1n) is 7.84. The molecule has 1 atom stereocenters. The molecule has 1 aliphatic heterocycles. The molecule has 0 aromatic heterocycles. The van der Waals surface area contributed by atoms with E-state index >= 15 is 0 Å². The quantitative estimate of drug-likeness (QED) is 0.844. The molecule has 2 rings (SSSR count). The molecule has 3 nitrogen and oxygen atoms in total. The Morgan fingerprint density at radius 2 is 2.05 bits per heavy atom. The van der Waals surface area contributed by atoms with E-state index in [2.05, 4.69) is 55.3 Å². The highest BCUT2D eigenvalue weighted by Crippen LogP contribution is 2.34. The molecule has 4 heteroatoms. The van der Waals surface area contributed by atoms with Gasteiger partial charge in [0.05, 0.1) is 6.61 Å². The molecule has 0 amide bonds. The van der Waals surface area contributed by atoms with E-state index in [1.165, 1.54) is 29.3 Å². The van der Waals surface area contributed by atoms with Crippen LogP contribution in [0.4, 0.5) is 11.4 Å². The normalized spacial score (nSPS) is 21.0. The summed E-state index contributed by atoms with van der Waals surface area (Å²) in [6.07, 6.45) is 1.23. The molecule has 1 aromatic carbocycles. The van der Waals surface area contributed by atoms with Gasteiger partial charge in [-0.15, -0.1) is 0 Å². The predicted molar refractivity (Wildman–Crippen MR) is 94.5 cm³/mol. The highest BCUT2D eigenvalue weighted by atomic mass is 32.2. The van der Waals surface area contributed by atoms with Gasteiger partial charge in [-0.3, -0.25) is 0 Å². The van der Waals surface area contributed by atoms with Crippen molar-refractivity contribution in [2.24, 2.45) is 5.41 Å². The van der Waals surface area contributed by atoms with Gasteiger partial charge in [0.25, 0.3) is 0 Å². The molecule has 1 aliphatic rings. The maximum absolute atomic E-state index is 9.09. The molecule has 0 bridgehead atoms. The monoisotopic (exact) mass is 308 g/mol. The van der Waals surface area contributed by atoms with Crippen LogP contribution in [0.1, 0.15) is 27.2 Å². The van der Waals surface area contributed by atoms with Gasteiger partial charge >= 0.3 is 0 Å². The van der Waals surface area contributed by atoms with Crippen molar-refractivity contribution in [3.8, 4) is 0 Å². The van der Waals surface area contributed by atoms with E-state index in [-0.39, 0.29) is 6.61 Å². The Kier molecular flexibility index (Phi) is 5.82. The second-order valence-electron chi connectivity index (χ2n) is 6.57. The first kappa shape index (κ1) is 16.5. The lowest BCUT2D eigenvalue weighted by Gasteiger charge is -2.35. The SMILES string of the molecule is CCN(CCO)c1ccc(NC2CSCC(C)(C)C2)cc1. The molecule has 2 N–H and O–H groups in total. The Morgan fingerprint density at radius 1 is 1.33 bits per heavy atom. The number of hydrogen-bond donors (Lipinski definition) is 2. The van der Waals surface area contributed by atoms with Crippen molar-refractivity contribution >= 4 is 23.1 Å². The van der Waals surface area contributed by atoms with Crippen LogP contribution in [-0.4, -0.2) is 42.4 Å². The van der Waals surface area contributed by atoms with Crippen molar-refractivity contribution in [1.29, 1.82) is 0 Å². The fraction of sp³-hybridized carbons (Fsp3) is 0.647. The summed E-state index contributed by atoms with van der Waals surface area (Å²) in [5, 5.41) is 12.8. The number of anilines is 2. The molecule has 1 aromatic rings. The fourth-order valence-corrected chi connectivity index (χ4v) is 4.22. The molecule has 0 saturated carbocycles. The lowest BCUT2D eigenvalue weighted by molar-refractivity contribution is 0.302. The molecule has 0 radical (unpaired) electrons. The summed E-state index contributed by atoms with van der Waals surface area (Å²) in [7, 11) is 0. The van der Waals surface area contributed by atoms with Crippen LogP contribution in [0, 0.1) is 5.41 Å². The zero-order valence-corrected chi connectivity index (χ0v) is 14.2. The Hall–Kier alpha value is -0.870. The molecule has 1 unspecified atom stereocenters. The van der Waals surface area contributed by atoms with E-state index in [4.69, 9.17) is 5.11 Å². The Labute approximate surface area is 133 Å². The van der Waals surface area contributed by atoms with Gasteiger partial charge < -0.3 is 15.3 Å². The van der Waals surface area contributed by atoms with E-state index in [1.807, 2.05) is 11.8 Å². The number of nitrogens with one attached hydrogen (secondary N) is 1. The van der Waals surface area contributed by atoms with Crippen LogP contribution in [0.3, 0.4) is 0 Å². The second-order valence-corrected chi connectivity index (χ2v) is 7.61. The summed E-state index contributed by atoms with van der Waals surface area (Å²) in [5.41, 5.74) is 2.80. The van der Waals surface area contributed by atoms with Crippen LogP contribution >= 0.6 is 11.8 Å². The Morgan fingerprint density at radius 3 is 2.62 bits per heavy atom. The number of likely N-dealkylation sites (N-methyl/N-ethyl adjacent to an activating group) is 1. The summed E-state index contributed by atoms with van der Waals surface area (Å²) in [6.45, 7) is 8.62. The van der Waals surface area contributed by atoms with E-state index in [1.54, 1.807) is 0 Å². The van der Waals surface area contributed by atoms with Gasteiger partial charge in [0.15, 0.2) is 0 Å². The molecule has 1 heterocycles. The maximum atomic E-state index is 9.09. The number of benzene rings is 1. The molecule has 1 saturated heterocycles. The van der Waals surface area contributed by atoms with Crippen molar-refractivity contribution < 1.29 is 5.11 Å². The smallest absolute Gasteiger partial charge is 0.0606 e. The third kappa shape index (κ3) is 4.82. The van der Waals surface area contributed by atoms with Gasteiger partial charge in [-0.2, -0.15) is 11.8 Å². The topological polar surface area (TPSA) is 35.5 Å². The van der Waals surface area contributed by atoms with Crippen LogP contribution in [-0.2, 0) is 0 Å². The van der Waals surface area contributed by atoms with Gasteiger partial charge in [-0.1, -0.05) is 13.8 Å². The van der Waals surface area contributed by atoms with E-state index in [9.17, 15) is 0 Å². The maximum Gasteiger partial charge on any atom is 0.0606 e. The molecular formula is C17H28N2OS. The number of aliphatic hydroxyl groups excluding tert-OH is 1. The van der Waals surface area contributed by atoms with Gasteiger partial charge in [-0.25, -0.2) is 0 Å². The van der Waals surface area contributed by atoms with Crippen molar-refractivity contribution in [2.75, 3.05) is 41.4 Å². The van der Waals surface area contributed by atoms with Crippen LogP contribution in [0.25, 0.3) is 0 Å². The fourth-order valence-electron chi connectivity index (χ4n) is 2.95. The summed E-state index contributed by atoms with van der Waals surface area (Å²) >= 11 is 2.05. The summed E-state index contributed by atoms with van der Waals surface area (Å²) < 4.78 is 0. The van der Waals surface area contributed by atoms with Gasteiger partial charge in [0, 0.05) is 36.3 Å². The highest BCUT2D eigenvalue weighted by Gasteiger charge is 2.28. The minimum Gasteiger partial charge on any atom is -0.395 e. The summed E-state index contributed by atoms with van der Waals surface area (Å²) in [5.74, 6) is 2.45. The number of rotatable bonds is 6. The van der Waals surface area contributed by atoms with Crippen molar-refractivity contribution in [2.45, 2.75) is 33.2 Å². The third-order valence-corrected chi connectivity index (χ3v) is 5.59. The van der Waals surface area contributed by atoms with E-state index in [0.717, 1.165) is 6.54 Å². The minimum atomic E-state index is 0.197. The zero-order valence-electron chi connectivity index (χ0n) is 13.4. The molecule has 118 valence electrons. The first-order chi connectivity index (χ1) is 10.0. The standard InChI is InChI=1S/C17H28N2OS/c1-4-19(9-10-20)16-7-5-14(6-8-16)18-15-11-17(2,3)13-21-12-15/h5-8,15,18,20H,4,9-13H2,1-3H3. The zero-order chi connectivity index (χ0) is 15.3. The lowest BCUT2D eigenvalue weighted by atomic mass is 9.88. The number of thioether (sulfide) groups is 1.